The maximum Gasteiger partial charge on any atom is 0.304 e. The van der Waals surface area contributed by atoms with Crippen LogP contribution in [0.4, 0.5) is 5.00 Å². The standard InChI is InChI=1S/C8H8N2O4S2/c9-5-6-1-3-15-8(6)10-16(13,14)4-2-7(11)12/h1,3,10H,2,4H2,(H,11,12). The second-order valence-electron chi connectivity index (χ2n) is 2.84. The van der Waals surface area contributed by atoms with Gasteiger partial charge in [0, 0.05) is 0 Å². The number of thiophene rings is 1. The van der Waals surface area contributed by atoms with Crippen LogP contribution in [0.15, 0.2) is 11.4 Å². The third-order valence-electron chi connectivity index (χ3n) is 1.62. The average Bonchev–Trinajstić information content (AvgIpc) is 2.61. The molecule has 1 aromatic rings. The molecule has 1 heterocycles. The predicted octanol–water partition coefficient (Wildman–Crippen LogP) is 0.836. The fraction of sp³-hybridized carbons (Fsp3) is 0.250. The van der Waals surface area contributed by atoms with Gasteiger partial charge >= 0.3 is 5.97 Å². The van der Waals surface area contributed by atoms with Gasteiger partial charge in [-0.15, -0.1) is 11.3 Å². The number of anilines is 1. The smallest absolute Gasteiger partial charge is 0.304 e. The molecule has 0 bridgehead atoms. The monoisotopic (exact) mass is 260 g/mol. The number of carboxylic acid groups (broad SMARTS) is 1. The number of hydrogen-bond donors (Lipinski definition) is 2. The lowest BCUT2D eigenvalue weighted by Gasteiger charge is -2.04. The molecule has 6 nitrogen and oxygen atoms in total. The van der Waals surface area contributed by atoms with E-state index in [0.717, 1.165) is 11.3 Å². The molecule has 0 spiro atoms. The highest BCUT2D eigenvalue weighted by atomic mass is 32.2. The molecule has 1 aromatic heterocycles. The Morgan fingerprint density at radius 1 is 1.62 bits per heavy atom. The van der Waals surface area contributed by atoms with Crippen LogP contribution in [0.3, 0.4) is 0 Å². The van der Waals surface area contributed by atoms with Gasteiger partial charge in [-0.1, -0.05) is 0 Å². The van der Waals surface area contributed by atoms with Gasteiger partial charge in [0.25, 0.3) is 0 Å². The summed E-state index contributed by atoms with van der Waals surface area (Å²) in [5, 5.41) is 18.8. The lowest BCUT2D eigenvalue weighted by molar-refractivity contribution is -0.136. The molecule has 0 amide bonds. The summed E-state index contributed by atoms with van der Waals surface area (Å²) in [5.74, 6) is -1.69. The van der Waals surface area contributed by atoms with Crippen molar-refractivity contribution in [1.82, 2.24) is 0 Å². The Bertz CT molecular complexity index is 526. The first kappa shape index (κ1) is 12.5. The molecule has 16 heavy (non-hydrogen) atoms. The Morgan fingerprint density at radius 2 is 2.31 bits per heavy atom. The van der Waals surface area contributed by atoms with E-state index in [1.165, 1.54) is 6.07 Å². The molecule has 0 radical (unpaired) electrons. The van der Waals surface area contributed by atoms with Crippen molar-refractivity contribution < 1.29 is 18.3 Å². The van der Waals surface area contributed by atoms with Crippen molar-refractivity contribution in [3.63, 3.8) is 0 Å². The fourth-order valence-corrected chi connectivity index (χ4v) is 2.98. The van der Waals surface area contributed by atoms with E-state index in [9.17, 15) is 13.2 Å². The summed E-state index contributed by atoms with van der Waals surface area (Å²) in [6.07, 6.45) is -0.470. The molecule has 1 rings (SSSR count). The number of sulfonamides is 1. The quantitative estimate of drug-likeness (QED) is 0.815. The van der Waals surface area contributed by atoms with E-state index < -0.39 is 28.2 Å². The number of carboxylic acids is 1. The van der Waals surface area contributed by atoms with Gasteiger partial charge in [0.2, 0.25) is 10.0 Å². The highest BCUT2D eigenvalue weighted by molar-refractivity contribution is 7.92. The van der Waals surface area contributed by atoms with Gasteiger partial charge in [-0.2, -0.15) is 5.26 Å². The van der Waals surface area contributed by atoms with E-state index in [1.807, 2.05) is 6.07 Å². The zero-order valence-electron chi connectivity index (χ0n) is 8.00. The first-order chi connectivity index (χ1) is 7.44. The molecule has 2 N–H and O–H groups in total. The second-order valence-corrected chi connectivity index (χ2v) is 5.60. The molecule has 0 aliphatic heterocycles. The van der Waals surface area contributed by atoms with Gasteiger partial charge < -0.3 is 5.11 Å². The van der Waals surface area contributed by atoms with Crippen LogP contribution in [-0.2, 0) is 14.8 Å². The summed E-state index contributed by atoms with van der Waals surface area (Å²) >= 11 is 1.08. The van der Waals surface area contributed by atoms with Crippen LogP contribution in [0, 0.1) is 11.3 Å². The predicted molar refractivity (Wildman–Crippen MR) is 58.7 cm³/mol. The van der Waals surface area contributed by atoms with Crippen molar-refractivity contribution in [3.8, 4) is 6.07 Å². The van der Waals surface area contributed by atoms with E-state index in [2.05, 4.69) is 4.72 Å². The average molecular weight is 260 g/mol. The Hall–Kier alpha value is -1.59. The molecule has 0 saturated carbocycles. The van der Waals surface area contributed by atoms with Crippen LogP contribution in [-0.4, -0.2) is 25.2 Å². The van der Waals surface area contributed by atoms with Gasteiger partial charge in [-0.05, 0) is 11.4 Å². The van der Waals surface area contributed by atoms with E-state index in [4.69, 9.17) is 10.4 Å². The van der Waals surface area contributed by atoms with Crippen molar-refractivity contribution in [1.29, 1.82) is 5.26 Å². The maximum absolute atomic E-state index is 11.4. The van der Waals surface area contributed by atoms with Crippen molar-refractivity contribution in [2.75, 3.05) is 10.5 Å². The summed E-state index contributed by atoms with van der Waals surface area (Å²) in [7, 11) is -3.70. The zero-order chi connectivity index (χ0) is 12.2. The van der Waals surface area contributed by atoms with Crippen molar-refractivity contribution in [2.24, 2.45) is 0 Å². The molecule has 86 valence electrons. The minimum absolute atomic E-state index is 0.216. The van der Waals surface area contributed by atoms with Crippen molar-refractivity contribution in [2.45, 2.75) is 6.42 Å². The highest BCUT2D eigenvalue weighted by Gasteiger charge is 2.15. The molecule has 0 aliphatic carbocycles. The summed E-state index contributed by atoms with van der Waals surface area (Å²) in [5.41, 5.74) is 0.226. The van der Waals surface area contributed by atoms with Crippen LogP contribution in [0.25, 0.3) is 0 Å². The van der Waals surface area contributed by atoms with Gasteiger partial charge in [-0.25, -0.2) is 8.42 Å². The van der Waals surface area contributed by atoms with Crippen molar-refractivity contribution in [3.05, 3.63) is 17.0 Å². The zero-order valence-corrected chi connectivity index (χ0v) is 9.64. The second kappa shape index (κ2) is 4.96. The number of aliphatic carboxylic acids is 1. The maximum atomic E-state index is 11.4. The molecule has 0 atom stereocenters. The highest BCUT2D eigenvalue weighted by Crippen LogP contribution is 2.23. The molecular weight excluding hydrogens is 252 g/mol. The Labute approximate surface area is 96.2 Å². The topological polar surface area (TPSA) is 107 Å². The molecule has 0 aromatic carbocycles. The molecule has 0 saturated heterocycles. The van der Waals surface area contributed by atoms with E-state index >= 15 is 0 Å². The Kier molecular flexibility index (Phi) is 3.87. The summed E-state index contributed by atoms with van der Waals surface area (Å²) in [6, 6.07) is 3.32. The first-order valence-electron chi connectivity index (χ1n) is 4.14. The SMILES string of the molecule is N#Cc1ccsc1NS(=O)(=O)CCC(=O)O. The lowest BCUT2D eigenvalue weighted by Crippen LogP contribution is -2.18. The normalized spacial score (nSPS) is 10.7. The van der Waals surface area contributed by atoms with Gasteiger partial charge in [0.05, 0.1) is 17.7 Å². The van der Waals surface area contributed by atoms with Crippen LogP contribution < -0.4 is 4.72 Å². The molecule has 0 unspecified atom stereocenters. The fourth-order valence-electron chi connectivity index (χ4n) is 0.890. The van der Waals surface area contributed by atoms with Crippen LogP contribution in [0.1, 0.15) is 12.0 Å². The van der Waals surface area contributed by atoms with E-state index in [-0.39, 0.29) is 10.6 Å². The number of hydrogen-bond acceptors (Lipinski definition) is 5. The van der Waals surface area contributed by atoms with Crippen LogP contribution in [0.5, 0.6) is 0 Å². The summed E-state index contributed by atoms with van der Waals surface area (Å²) < 4.78 is 25.0. The number of nitriles is 1. The van der Waals surface area contributed by atoms with Gasteiger partial charge in [-0.3, -0.25) is 9.52 Å². The largest absolute Gasteiger partial charge is 0.481 e. The van der Waals surface area contributed by atoms with Crippen LogP contribution >= 0.6 is 11.3 Å². The Morgan fingerprint density at radius 3 is 2.88 bits per heavy atom. The van der Waals surface area contributed by atoms with Gasteiger partial charge in [0.1, 0.15) is 11.1 Å². The Balaban J connectivity index is 2.74. The number of nitrogens with one attached hydrogen (secondary N) is 1. The number of rotatable bonds is 5. The minimum atomic E-state index is -3.70. The molecule has 0 fully saturated rings. The number of nitrogens with zero attached hydrogens (tertiary/aromatic N) is 1. The third kappa shape index (κ3) is 3.52. The molecule has 0 aliphatic rings. The molecule has 8 heteroatoms. The number of carbonyl (C=O) groups is 1. The third-order valence-corrected chi connectivity index (χ3v) is 3.83. The minimum Gasteiger partial charge on any atom is -0.481 e. The van der Waals surface area contributed by atoms with Crippen molar-refractivity contribution >= 4 is 32.3 Å². The lowest BCUT2D eigenvalue weighted by atomic mass is 10.4. The van der Waals surface area contributed by atoms with E-state index in [1.54, 1.807) is 5.38 Å². The molecular formula is C8H8N2O4S2. The van der Waals surface area contributed by atoms with E-state index in [0.29, 0.717) is 0 Å². The first-order valence-corrected chi connectivity index (χ1v) is 6.67. The summed E-state index contributed by atoms with van der Waals surface area (Å²) in [6.45, 7) is 0. The summed E-state index contributed by atoms with van der Waals surface area (Å²) in [4.78, 5) is 10.2. The van der Waals surface area contributed by atoms with Crippen LogP contribution in [0.2, 0.25) is 0 Å². The van der Waals surface area contributed by atoms with Gasteiger partial charge in [0.15, 0.2) is 0 Å².